The van der Waals surface area contributed by atoms with Crippen molar-refractivity contribution in [3.63, 3.8) is 0 Å². The Bertz CT molecular complexity index is 860. The van der Waals surface area contributed by atoms with Gasteiger partial charge in [-0.2, -0.15) is 0 Å². The highest BCUT2D eigenvalue weighted by Gasteiger charge is 2.41. The fourth-order valence-electron chi connectivity index (χ4n) is 3.37. The summed E-state index contributed by atoms with van der Waals surface area (Å²) < 4.78 is 0. The van der Waals surface area contributed by atoms with Crippen molar-refractivity contribution in [3.05, 3.63) is 71.8 Å². The molecule has 2 aromatic carbocycles. The van der Waals surface area contributed by atoms with Crippen LogP contribution in [0.4, 0.5) is 0 Å². The van der Waals surface area contributed by atoms with Crippen molar-refractivity contribution in [3.8, 4) is 0 Å². The van der Waals surface area contributed by atoms with Crippen molar-refractivity contribution in [2.45, 2.75) is 45.3 Å². The lowest BCUT2D eigenvalue weighted by atomic mass is 10.1. The number of aryl methyl sites for hydroxylation is 1. The van der Waals surface area contributed by atoms with E-state index in [1.165, 1.54) is 10.5 Å². The predicted octanol–water partition coefficient (Wildman–Crippen LogP) is 3.19. The predicted molar refractivity (Wildman–Crippen MR) is 111 cm³/mol. The van der Waals surface area contributed by atoms with Gasteiger partial charge in [0.2, 0.25) is 5.91 Å². The molecule has 1 aliphatic heterocycles. The molecule has 2 amide bonds. The third-order valence-corrected chi connectivity index (χ3v) is 4.96. The fraction of sp³-hybridized carbons (Fsp3) is 0.348. The maximum Gasteiger partial charge on any atom is 0.275 e. The Morgan fingerprint density at radius 2 is 1.68 bits per heavy atom. The van der Waals surface area contributed by atoms with Crippen LogP contribution in [0.5, 0.6) is 0 Å². The minimum Gasteiger partial charge on any atom is -0.352 e. The van der Waals surface area contributed by atoms with Crippen LogP contribution in [0.2, 0.25) is 0 Å². The monoisotopic (exact) mass is 377 g/mol. The Kier molecular flexibility index (Phi) is 5.93. The number of amides is 2. The second-order valence-electron chi connectivity index (χ2n) is 7.70. The van der Waals surface area contributed by atoms with Gasteiger partial charge in [-0.15, -0.1) is 0 Å². The molecule has 1 aliphatic rings. The van der Waals surface area contributed by atoms with Gasteiger partial charge in [0.15, 0.2) is 0 Å². The van der Waals surface area contributed by atoms with Gasteiger partial charge in [0, 0.05) is 11.6 Å². The summed E-state index contributed by atoms with van der Waals surface area (Å²) in [5, 5.41) is 3.01. The Morgan fingerprint density at radius 3 is 2.32 bits per heavy atom. The Hall–Kier alpha value is -2.95. The van der Waals surface area contributed by atoms with Crippen molar-refractivity contribution < 1.29 is 9.59 Å². The number of benzene rings is 2. The second-order valence-corrected chi connectivity index (χ2v) is 7.70. The van der Waals surface area contributed by atoms with Crippen molar-refractivity contribution in [1.29, 1.82) is 0 Å². The van der Waals surface area contributed by atoms with Gasteiger partial charge in [0.1, 0.15) is 17.9 Å². The molecule has 146 valence electrons. The minimum absolute atomic E-state index is 0.00133. The highest BCUT2D eigenvalue weighted by molar-refractivity contribution is 6.46. The molecule has 0 saturated heterocycles. The Morgan fingerprint density at radius 1 is 1.07 bits per heavy atom. The summed E-state index contributed by atoms with van der Waals surface area (Å²) in [7, 11) is 0. The Labute approximate surface area is 166 Å². The number of nitrogens with one attached hydrogen (secondary N) is 1. The molecule has 3 rings (SSSR count). The van der Waals surface area contributed by atoms with Gasteiger partial charge in [-0.05, 0) is 39.2 Å². The van der Waals surface area contributed by atoms with Gasteiger partial charge in [-0.25, -0.2) is 0 Å². The zero-order valence-corrected chi connectivity index (χ0v) is 16.7. The molecule has 28 heavy (non-hydrogen) atoms. The molecule has 0 fully saturated rings. The molecular formula is C23H27N3O2. The highest BCUT2D eigenvalue weighted by Crippen LogP contribution is 2.26. The van der Waals surface area contributed by atoms with Crippen molar-refractivity contribution >= 4 is 17.5 Å². The first-order valence-electron chi connectivity index (χ1n) is 9.67. The third-order valence-electron chi connectivity index (χ3n) is 4.96. The van der Waals surface area contributed by atoms with E-state index in [4.69, 9.17) is 0 Å². The highest BCUT2D eigenvalue weighted by atomic mass is 16.2. The van der Waals surface area contributed by atoms with Gasteiger partial charge in [-0.3, -0.25) is 14.6 Å². The number of hydrogen-bond acceptors (Lipinski definition) is 3. The molecule has 0 saturated carbocycles. The summed E-state index contributed by atoms with van der Waals surface area (Å²) in [6.07, 6.45) is 1.75. The molecule has 1 heterocycles. The van der Waals surface area contributed by atoms with Gasteiger partial charge in [0.25, 0.3) is 5.91 Å². The molecule has 1 atom stereocenters. The lowest BCUT2D eigenvalue weighted by Crippen LogP contribution is -2.49. The average Bonchev–Trinajstić information content (AvgIpc) is 2.91. The van der Waals surface area contributed by atoms with E-state index < -0.39 is 5.66 Å². The molecular weight excluding hydrogens is 350 g/mol. The van der Waals surface area contributed by atoms with E-state index in [1.54, 1.807) is 0 Å². The third kappa shape index (κ3) is 4.66. The molecule has 5 heteroatoms. The first kappa shape index (κ1) is 19.8. The van der Waals surface area contributed by atoms with Crippen molar-refractivity contribution in [1.82, 2.24) is 10.2 Å². The number of aliphatic imine (C=N–C) groups is 1. The SMILES string of the molecule is C[C@@H](CCc1ccccc1)NC(=O)CN1C(=O)C(c2ccccc2)=NC1(C)C. The first-order valence-corrected chi connectivity index (χ1v) is 9.67. The lowest BCUT2D eigenvalue weighted by molar-refractivity contribution is -0.134. The molecule has 0 spiro atoms. The zero-order chi connectivity index (χ0) is 20.1. The molecule has 5 nitrogen and oxygen atoms in total. The van der Waals surface area contributed by atoms with Crippen LogP contribution in [0.3, 0.4) is 0 Å². The molecule has 1 N–H and O–H groups in total. The van der Waals surface area contributed by atoms with E-state index in [0.717, 1.165) is 18.4 Å². The molecule has 2 aromatic rings. The van der Waals surface area contributed by atoms with E-state index in [9.17, 15) is 9.59 Å². The quantitative estimate of drug-likeness (QED) is 0.805. The summed E-state index contributed by atoms with van der Waals surface area (Å²) in [5.41, 5.74) is 1.70. The molecule has 0 unspecified atom stereocenters. The van der Waals surface area contributed by atoms with Gasteiger partial charge < -0.3 is 10.2 Å². The van der Waals surface area contributed by atoms with Crippen LogP contribution >= 0.6 is 0 Å². The topological polar surface area (TPSA) is 61.8 Å². The standard InChI is InChI=1S/C23H27N3O2/c1-17(14-15-18-10-6-4-7-11-18)24-20(27)16-26-22(28)21(25-23(26,2)3)19-12-8-5-9-13-19/h4-13,17H,14-16H2,1-3H3,(H,24,27)/t17-/m0/s1. The molecule has 0 bridgehead atoms. The maximum atomic E-state index is 12.9. The van der Waals surface area contributed by atoms with Crippen LogP contribution in [-0.2, 0) is 16.0 Å². The fourth-order valence-corrected chi connectivity index (χ4v) is 3.37. The normalized spacial score (nSPS) is 16.6. The zero-order valence-electron chi connectivity index (χ0n) is 16.7. The van der Waals surface area contributed by atoms with Crippen LogP contribution in [0.15, 0.2) is 65.7 Å². The van der Waals surface area contributed by atoms with E-state index in [2.05, 4.69) is 22.4 Å². The number of carbonyl (C=O) groups excluding carboxylic acids is 2. The number of rotatable bonds is 7. The minimum atomic E-state index is -0.743. The molecule has 0 radical (unpaired) electrons. The van der Waals surface area contributed by atoms with Crippen LogP contribution in [-0.4, -0.2) is 40.7 Å². The van der Waals surface area contributed by atoms with Crippen LogP contribution < -0.4 is 5.32 Å². The Balaban J connectivity index is 1.57. The van der Waals surface area contributed by atoms with E-state index in [0.29, 0.717) is 5.71 Å². The van der Waals surface area contributed by atoms with Crippen LogP contribution in [0, 0.1) is 0 Å². The van der Waals surface area contributed by atoms with Gasteiger partial charge in [0.05, 0.1) is 0 Å². The van der Waals surface area contributed by atoms with Gasteiger partial charge in [-0.1, -0.05) is 60.7 Å². The summed E-state index contributed by atoms with van der Waals surface area (Å²) in [6.45, 7) is 5.70. The number of hydrogen-bond donors (Lipinski definition) is 1. The smallest absolute Gasteiger partial charge is 0.275 e. The van der Waals surface area contributed by atoms with Crippen LogP contribution in [0.1, 0.15) is 38.3 Å². The first-order chi connectivity index (χ1) is 13.4. The lowest BCUT2D eigenvalue weighted by Gasteiger charge is -2.29. The number of carbonyl (C=O) groups is 2. The van der Waals surface area contributed by atoms with E-state index in [-0.39, 0.29) is 24.4 Å². The molecule has 0 aliphatic carbocycles. The molecule has 0 aromatic heterocycles. The maximum absolute atomic E-state index is 12.9. The summed E-state index contributed by atoms with van der Waals surface area (Å²) in [4.78, 5) is 31.5. The van der Waals surface area contributed by atoms with Gasteiger partial charge >= 0.3 is 0 Å². The largest absolute Gasteiger partial charge is 0.352 e. The van der Waals surface area contributed by atoms with E-state index in [1.807, 2.05) is 69.3 Å². The van der Waals surface area contributed by atoms with Crippen molar-refractivity contribution in [2.75, 3.05) is 6.54 Å². The summed E-state index contributed by atoms with van der Waals surface area (Å²) in [5.74, 6) is -0.366. The van der Waals surface area contributed by atoms with Crippen LogP contribution in [0.25, 0.3) is 0 Å². The van der Waals surface area contributed by atoms with Crippen molar-refractivity contribution in [2.24, 2.45) is 4.99 Å². The summed E-state index contributed by atoms with van der Waals surface area (Å²) >= 11 is 0. The second kappa shape index (κ2) is 8.38. The summed E-state index contributed by atoms with van der Waals surface area (Å²) in [6, 6.07) is 19.6. The number of nitrogens with zero attached hydrogens (tertiary/aromatic N) is 2. The average molecular weight is 377 g/mol. The van der Waals surface area contributed by atoms with E-state index >= 15 is 0 Å².